The van der Waals surface area contributed by atoms with Gasteiger partial charge in [0, 0.05) is 31.3 Å². The van der Waals surface area contributed by atoms with E-state index < -0.39 is 17.7 Å². The zero-order valence-corrected chi connectivity index (χ0v) is 15.9. The Hall–Kier alpha value is -3.23. The van der Waals surface area contributed by atoms with Gasteiger partial charge in [0.15, 0.2) is 11.5 Å². The van der Waals surface area contributed by atoms with E-state index in [1.165, 1.54) is 12.1 Å². The van der Waals surface area contributed by atoms with Crippen molar-refractivity contribution in [3.8, 4) is 11.5 Å². The van der Waals surface area contributed by atoms with E-state index in [0.29, 0.717) is 29.2 Å². The van der Waals surface area contributed by atoms with Crippen LogP contribution in [0.15, 0.2) is 42.5 Å². The number of anilines is 1. The summed E-state index contributed by atoms with van der Waals surface area (Å²) in [5.41, 5.74) is 0.625. The van der Waals surface area contributed by atoms with Gasteiger partial charge in [-0.05, 0) is 36.2 Å². The number of benzene rings is 2. The molecular weight excluding hydrogens is 401 g/mol. The van der Waals surface area contributed by atoms with Crippen molar-refractivity contribution in [1.29, 1.82) is 0 Å². The highest BCUT2D eigenvalue weighted by molar-refractivity contribution is 6.00. The minimum atomic E-state index is -4.37. The van der Waals surface area contributed by atoms with Crippen molar-refractivity contribution < 1.29 is 32.2 Å². The van der Waals surface area contributed by atoms with Crippen LogP contribution >= 0.6 is 0 Å². The fourth-order valence-electron chi connectivity index (χ4n) is 3.52. The molecule has 0 saturated carbocycles. The Balaban J connectivity index is 1.30. The minimum absolute atomic E-state index is 0.0978. The average molecular weight is 420 g/mol. The van der Waals surface area contributed by atoms with Crippen molar-refractivity contribution in [2.45, 2.75) is 19.0 Å². The lowest BCUT2D eigenvalue weighted by atomic mass is 10.1. The quantitative estimate of drug-likeness (QED) is 0.807. The maximum Gasteiger partial charge on any atom is 0.416 e. The first-order chi connectivity index (χ1) is 14.3. The van der Waals surface area contributed by atoms with E-state index in [9.17, 15) is 22.8 Å². The highest BCUT2D eigenvalue weighted by Gasteiger charge is 2.35. The number of ether oxygens (including phenoxy) is 2. The standard InChI is InChI=1S/C21H19F3N2O4/c22-21(23,24)15-3-1-13(2-4-15)7-8-25-20(28)14-9-19(27)26(11-14)16-5-6-17-18(10-16)30-12-29-17/h1-6,10,14H,7-9,11-12H2,(H,25,28)/t14-/m0/s1. The fraction of sp³-hybridized carbons (Fsp3) is 0.333. The maximum atomic E-state index is 12.6. The van der Waals surface area contributed by atoms with Gasteiger partial charge in [0.05, 0.1) is 11.5 Å². The second-order valence-corrected chi connectivity index (χ2v) is 7.18. The number of nitrogens with zero attached hydrogens (tertiary/aromatic N) is 1. The number of nitrogens with one attached hydrogen (secondary N) is 1. The van der Waals surface area contributed by atoms with Crippen molar-refractivity contribution in [1.82, 2.24) is 5.32 Å². The largest absolute Gasteiger partial charge is 0.454 e. The fourth-order valence-corrected chi connectivity index (χ4v) is 3.52. The maximum absolute atomic E-state index is 12.6. The summed E-state index contributed by atoms with van der Waals surface area (Å²) in [6.45, 7) is 0.667. The Morgan fingerprint density at radius 1 is 1.10 bits per heavy atom. The molecule has 0 aliphatic carbocycles. The summed E-state index contributed by atoms with van der Waals surface area (Å²) in [6, 6.07) is 10.0. The monoisotopic (exact) mass is 420 g/mol. The number of carbonyl (C=O) groups is 2. The van der Waals surface area contributed by atoms with E-state index in [-0.39, 0.29) is 38.1 Å². The number of carbonyl (C=O) groups excluding carboxylic acids is 2. The van der Waals surface area contributed by atoms with Crippen LogP contribution in [0.25, 0.3) is 0 Å². The van der Waals surface area contributed by atoms with E-state index in [1.807, 2.05) is 0 Å². The van der Waals surface area contributed by atoms with Gasteiger partial charge >= 0.3 is 6.18 Å². The third kappa shape index (κ3) is 4.19. The first kappa shape index (κ1) is 20.1. The van der Waals surface area contributed by atoms with E-state index in [4.69, 9.17) is 9.47 Å². The van der Waals surface area contributed by atoms with E-state index in [1.54, 1.807) is 23.1 Å². The zero-order valence-electron chi connectivity index (χ0n) is 15.9. The summed E-state index contributed by atoms with van der Waals surface area (Å²) < 4.78 is 48.4. The predicted molar refractivity (Wildman–Crippen MR) is 101 cm³/mol. The van der Waals surface area contributed by atoms with Crippen molar-refractivity contribution in [3.05, 3.63) is 53.6 Å². The number of halogens is 3. The van der Waals surface area contributed by atoms with E-state index >= 15 is 0 Å². The highest BCUT2D eigenvalue weighted by atomic mass is 19.4. The molecule has 9 heteroatoms. The number of fused-ring (bicyclic) bond motifs is 1. The van der Waals surface area contributed by atoms with Crippen LogP contribution in [0.2, 0.25) is 0 Å². The molecule has 1 fully saturated rings. The zero-order chi connectivity index (χ0) is 21.3. The van der Waals surface area contributed by atoms with Crippen molar-refractivity contribution >= 4 is 17.5 Å². The lowest BCUT2D eigenvalue weighted by Crippen LogP contribution is -2.34. The second kappa shape index (κ2) is 7.89. The molecule has 158 valence electrons. The van der Waals surface area contributed by atoms with E-state index in [2.05, 4.69) is 5.32 Å². The molecule has 2 aliphatic heterocycles. The molecule has 0 unspecified atom stereocenters. The molecule has 2 amide bonds. The molecule has 1 atom stereocenters. The molecule has 2 heterocycles. The third-order valence-corrected chi connectivity index (χ3v) is 5.16. The average Bonchev–Trinajstić information content (AvgIpc) is 3.33. The Morgan fingerprint density at radius 2 is 1.83 bits per heavy atom. The molecular formula is C21H19F3N2O4. The lowest BCUT2D eigenvalue weighted by molar-refractivity contribution is -0.137. The Kier molecular flexibility index (Phi) is 5.27. The van der Waals surface area contributed by atoms with Gasteiger partial charge in [0.1, 0.15) is 0 Å². The first-order valence-corrected chi connectivity index (χ1v) is 9.45. The molecule has 1 saturated heterocycles. The molecule has 1 N–H and O–H groups in total. The number of rotatable bonds is 5. The van der Waals surface area contributed by atoms with Gasteiger partial charge in [-0.25, -0.2) is 0 Å². The van der Waals surface area contributed by atoms with Crippen LogP contribution in [-0.2, 0) is 22.2 Å². The van der Waals surface area contributed by atoms with Crippen molar-refractivity contribution in [2.24, 2.45) is 5.92 Å². The number of amides is 2. The summed E-state index contributed by atoms with van der Waals surface area (Å²) in [6.07, 6.45) is -3.87. The number of hydrogen-bond donors (Lipinski definition) is 1. The highest BCUT2D eigenvalue weighted by Crippen LogP contribution is 2.37. The summed E-state index contributed by atoms with van der Waals surface area (Å²) in [5, 5.41) is 2.77. The van der Waals surface area contributed by atoms with Gasteiger partial charge in [0.2, 0.25) is 18.6 Å². The number of alkyl halides is 3. The topological polar surface area (TPSA) is 67.9 Å². The van der Waals surface area contributed by atoms with Crippen molar-refractivity contribution in [3.63, 3.8) is 0 Å². The summed E-state index contributed by atoms with van der Waals surface area (Å²) in [5.74, 6) is 0.276. The molecule has 0 bridgehead atoms. The lowest BCUT2D eigenvalue weighted by Gasteiger charge is -2.17. The molecule has 2 aliphatic rings. The van der Waals surface area contributed by atoms with Crippen LogP contribution in [0, 0.1) is 5.92 Å². The first-order valence-electron chi connectivity index (χ1n) is 9.45. The molecule has 0 aromatic heterocycles. The van der Waals surface area contributed by atoms with Gasteiger partial charge in [-0.15, -0.1) is 0 Å². The Labute approximate surface area is 170 Å². The molecule has 2 aromatic rings. The van der Waals surface area contributed by atoms with Gasteiger partial charge in [-0.2, -0.15) is 13.2 Å². The van der Waals surface area contributed by atoms with Gasteiger partial charge < -0.3 is 19.7 Å². The van der Waals surface area contributed by atoms with Crippen LogP contribution < -0.4 is 19.7 Å². The van der Waals surface area contributed by atoms with Crippen LogP contribution in [0.1, 0.15) is 17.5 Å². The second-order valence-electron chi connectivity index (χ2n) is 7.18. The van der Waals surface area contributed by atoms with E-state index in [0.717, 1.165) is 12.1 Å². The van der Waals surface area contributed by atoms with Crippen LogP contribution in [0.3, 0.4) is 0 Å². The summed E-state index contributed by atoms with van der Waals surface area (Å²) >= 11 is 0. The Morgan fingerprint density at radius 3 is 2.57 bits per heavy atom. The molecule has 0 spiro atoms. The summed E-state index contributed by atoms with van der Waals surface area (Å²) in [4.78, 5) is 26.4. The van der Waals surface area contributed by atoms with Gasteiger partial charge in [0.25, 0.3) is 0 Å². The molecule has 2 aromatic carbocycles. The summed E-state index contributed by atoms with van der Waals surface area (Å²) in [7, 11) is 0. The van der Waals surface area contributed by atoms with Gasteiger partial charge in [-0.1, -0.05) is 12.1 Å². The SMILES string of the molecule is O=C(NCCc1ccc(C(F)(F)F)cc1)[C@H]1CC(=O)N(c2ccc3c(c2)OCO3)C1. The number of hydrogen-bond acceptors (Lipinski definition) is 4. The van der Waals surface area contributed by atoms with Crippen LogP contribution in [0.4, 0.5) is 18.9 Å². The Bertz CT molecular complexity index is 960. The minimum Gasteiger partial charge on any atom is -0.454 e. The smallest absolute Gasteiger partial charge is 0.416 e. The van der Waals surface area contributed by atoms with Crippen molar-refractivity contribution in [2.75, 3.05) is 24.8 Å². The molecule has 6 nitrogen and oxygen atoms in total. The van der Waals surface area contributed by atoms with Crippen LogP contribution in [0.5, 0.6) is 11.5 Å². The molecule has 0 radical (unpaired) electrons. The molecule has 4 rings (SSSR count). The molecule has 30 heavy (non-hydrogen) atoms. The van der Waals surface area contributed by atoms with Gasteiger partial charge in [-0.3, -0.25) is 9.59 Å². The normalized spacial score (nSPS) is 18.0. The third-order valence-electron chi connectivity index (χ3n) is 5.16. The van der Waals surface area contributed by atoms with Crippen LogP contribution in [-0.4, -0.2) is 31.7 Å². The predicted octanol–water partition coefficient (Wildman–Crippen LogP) is 3.15.